The van der Waals surface area contributed by atoms with E-state index in [2.05, 4.69) is 155 Å². The molecule has 9 aromatic rings. The summed E-state index contributed by atoms with van der Waals surface area (Å²) in [5, 5.41) is 5.32. The average Bonchev–Trinajstić information content (AvgIpc) is 3.83. The molecule has 3 aromatic heterocycles. The number of benzene rings is 6. The molecule has 2 aliphatic rings. The van der Waals surface area contributed by atoms with Crippen LogP contribution < -0.4 is 15.8 Å². The average molecular weight is 721 g/mol. The first-order chi connectivity index (χ1) is 25.6. The van der Waals surface area contributed by atoms with E-state index in [9.17, 15) is 0 Å². The smallest absolute Gasteiger partial charge is 0.198 e. The van der Waals surface area contributed by atoms with Crippen LogP contribution in [0.4, 0.5) is 17.1 Å². The highest BCUT2D eigenvalue weighted by atomic mass is 32.1. The Morgan fingerprint density at radius 1 is 0.604 bits per heavy atom. The fourth-order valence-electron chi connectivity index (χ4n) is 9.72. The largest absolute Gasteiger partial charge is 0.353 e. The lowest BCUT2D eigenvalue weighted by molar-refractivity contribution is 0.332. The van der Waals surface area contributed by atoms with Crippen molar-refractivity contribution in [2.24, 2.45) is 0 Å². The van der Waals surface area contributed by atoms with Crippen LogP contribution in [0.15, 0.2) is 103 Å². The third kappa shape index (κ3) is 4.44. The van der Waals surface area contributed by atoms with Crippen molar-refractivity contribution in [1.82, 2.24) is 4.98 Å². The molecule has 1 N–H and O–H groups in total. The van der Waals surface area contributed by atoms with Crippen LogP contribution in [0.5, 0.6) is 0 Å². The SMILES string of the molecule is Cc1cc(-c2cccc3c2[nH]c2c4ccccc4sc32)c2c(c1)N(c1cc3c(cc1C)C(C)(C)CCC3(C)C)c1c(ccc3c1sc1ccccc13)B2. The zero-order valence-corrected chi connectivity index (χ0v) is 32.8. The molecule has 0 fully saturated rings. The summed E-state index contributed by atoms with van der Waals surface area (Å²) < 4.78 is 5.41. The third-order valence-electron chi connectivity index (χ3n) is 12.7. The summed E-state index contributed by atoms with van der Waals surface area (Å²) in [6.07, 6.45) is 2.41. The Hall–Kier alpha value is -4.84. The van der Waals surface area contributed by atoms with E-state index in [-0.39, 0.29) is 10.8 Å². The van der Waals surface area contributed by atoms with Gasteiger partial charge < -0.3 is 9.88 Å². The van der Waals surface area contributed by atoms with Gasteiger partial charge in [-0.2, -0.15) is 0 Å². The number of nitrogens with one attached hydrogen (secondary N) is 1. The molecule has 0 saturated carbocycles. The van der Waals surface area contributed by atoms with Crippen LogP contribution in [-0.2, 0) is 10.8 Å². The van der Waals surface area contributed by atoms with Crippen molar-refractivity contribution in [1.29, 1.82) is 0 Å². The monoisotopic (exact) mass is 720 g/mol. The first-order valence-corrected chi connectivity index (χ1v) is 20.7. The van der Waals surface area contributed by atoms with Crippen molar-refractivity contribution < 1.29 is 0 Å². The summed E-state index contributed by atoms with van der Waals surface area (Å²) in [4.78, 5) is 6.63. The van der Waals surface area contributed by atoms with Gasteiger partial charge in [0.2, 0.25) is 0 Å². The van der Waals surface area contributed by atoms with E-state index >= 15 is 0 Å². The summed E-state index contributed by atoms with van der Waals surface area (Å²) in [5.74, 6) is 0. The molecule has 1 aliphatic carbocycles. The van der Waals surface area contributed by atoms with Gasteiger partial charge in [0.15, 0.2) is 7.28 Å². The molecule has 6 aromatic carbocycles. The summed E-state index contributed by atoms with van der Waals surface area (Å²) >= 11 is 3.85. The minimum absolute atomic E-state index is 0.108. The highest BCUT2D eigenvalue weighted by Crippen LogP contribution is 2.52. The van der Waals surface area contributed by atoms with Crippen LogP contribution in [0.1, 0.15) is 62.8 Å². The Morgan fingerprint density at radius 2 is 1.28 bits per heavy atom. The number of aromatic nitrogens is 1. The standard InChI is InChI=1S/C48H41BN2S2/c1-26-22-33(29-14-11-15-32-42(29)50-43-31-13-8-10-17-40(31)52-45(32)43)41-38(23-26)51(37-25-35-34(24-27(37)2)47(3,4)20-21-48(35,5)6)44-36(49-41)19-18-30-28-12-7-9-16-39(28)53-46(30)44/h7-19,22-25,49-50H,20-21H2,1-6H3. The summed E-state index contributed by atoms with van der Waals surface area (Å²) in [7, 11) is 0.887. The Kier molecular flexibility index (Phi) is 6.50. The van der Waals surface area contributed by atoms with Crippen molar-refractivity contribution in [2.45, 2.75) is 65.2 Å². The highest BCUT2D eigenvalue weighted by molar-refractivity contribution is 7.27. The summed E-state index contributed by atoms with van der Waals surface area (Å²) in [5.41, 5.74) is 17.8. The van der Waals surface area contributed by atoms with Crippen LogP contribution >= 0.6 is 22.7 Å². The maximum atomic E-state index is 3.95. The number of H-pyrrole nitrogens is 1. The van der Waals surface area contributed by atoms with Crippen molar-refractivity contribution in [2.75, 3.05) is 4.90 Å². The number of hydrogen-bond donors (Lipinski definition) is 1. The normalized spacial score (nSPS) is 16.0. The number of anilines is 3. The van der Waals surface area contributed by atoms with E-state index in [1.807, 2.05) is 22.7 Å². The Morgan fingerprint density at radius 3 is 2.08 bits per heavy atom. The fraction of sp³-hybridized carbons (Fsp3) is 0.208. The molecule has 4 heterocycles. The molecule has 1 aliphatic heterocycles. The van der Waals surface area contributed by atoms with Gasteiger partial charge in [0.1, 0.15) is 0 Å². The summed E-state index contributed by atoms with van der Waals surface area (Å²) in [6.45, 7) is 14.4. The van der Waals surface area contributed by atoms with Gasteiger partial charge in [0.25, 0.3) is 0 Å². The molecule has 0 unspecified atom stereocenters. The molecular formula is C48H41BN2S2. The Labute approximate surface area is 319 Å². The Bertz CT molecular complexity index is 3030. The van der Waals surface area contributed by atoms with Crippen molar-refractivity contribution >= 4 is 109 Å². The minimum Gasteiger partial charge on any atom is -0.353 e. The lowest BCUT2D eigenvalue weighted by Gasteiger charge is -2.44. The highest BCUT2D eigenvalue weighted by Gasteiger charge is 2.39. The van der Waals surface area contributed by atoms with Crippen molar-refractivity contribution in [3.05, 3.63) is 125 Å². The fourth-order valence-corrected chi connectivity index (χ4v) is 12.2. The van der Waals surface area contributed by atoms with E-state index in [1.165, 1.54) is 126 Å². The zero-order valence-electron chi connectivity index (χ0n) is 31.2. The predicted octanol–water partition coefficient (Wildman–Crippen LogP) is 12.7. The number of nitrogens with zero attached hydrogens (tertiary/aromatic N) is 1. The predicted molar refractivity (Wildman–Crippen MR) is 235 cm³/mol. The number of para-hydroxylation sites is 1. The van der Waals surface area contributed by atoms with Crippen LogP contribution in [0.3, 0.4) is 0 Å². The van der Waals surface area contributed by atoms with Gasteiger partial charge in [-0.05, 0) is 95.1 Å². The van der Waals surface area contributed by atoms with E-state index in [4.69, 9.17) is 0 Å². The van der Waals surface area contributed by atoms with Gasteiger partial charge in [-0.3, -0.25) is 0 Å². The van der Waals surface area contributed by atoms with Crippen molar-refractivity contribution in [3.63, 3.8) is 0 Å². The maximum Gasteiger partial charge on any atom is 0.198 e. The number of hydrogen-bond acceptors (Lipinski definition) is 3. The molecule has 0 bridgehead atoms. The second-order valence-electron chi connectivity index (χ2n) is 17.0. The quantitative estimate of drug-likeness (QED) is 0.176. The molecule has 11 rings (SSSR count). The van der Waals surface area contributed by atoms with Gasteiger partial charge >= 0.3 is 0 Å². The van der Waals surface area contributed by atoms with E-state index in [0.717, 1.165) is 7.28 Å². The molecule has 0 saturated heterocycles. The van der Waals surface area contributed by atoms with E-state index < -0.39 is 0 Å². The van der Waals surface area contributed by atoms with Crippen molar-refractivity contribution in [3.8, 4) is 11.1 Å². The topological polar surface area (TPSA) is 19.0 Å². The molecule has 0 amide bonds. The lowest BCUT2D eigenvalue weighted by Crippen LogP contribution is -2.41. The molecule has 0 atom stereocenters. The minimum atomic E-state index is 0.108. The van der Waals surface area contributed by atoms with E-state index in [0.29, 0.717) is 0 Å². The first kappa shape index (κ1) is 31.7. The second-order valence-corrected chi connectivity index (χ2v) is 19.1. The number of fused-ring (bicyclic) bond motifs is 12. The number of rotatable bonds is 2. The van der Waals surface area contributed by atoms with Crippen LogP contribution in [-0.4, -0.2) is 12.3 Å². The molecule has 0 spiro atoms. The van der Waals surface area contributed by atoms with Crippen LogP contribution in [0, 0.1) is 13.8 Å². The van der Waals surface area contributed by atoms with Gasteiger partial charge in [-0.15, -0.1) is 22.7 Å². The lowest BCUT2D eigenvalue weighted by atomic mass is 9.57. The van der Waals surface area contributed by atoms with Crippen LogP contribution in [0.25, 0.3) is 62.5 Å². The number of aromatic amines is 1. The Balaban J connectivity index is 1.22. The second kappa shape index (κ2) is 10.9. The molecule has 53 heavy (non-hydrogen) atoms. The van der Waals surface area contributed by atoms with E-state index in [1.54, 1.807) is 0 Å². The van der Waals surface area contributed by atoms with Crippen LogP contribution in [0.2, 0.25) is 0 Å². The van der Waals surface area contributed by atoms with Gasteiger partial charge in [-0.1, -0.05) is 112 Å². The third-order valence-corrected chi connectivity index (χ3v) is 15.1. The summed E-state index contributed by atoms with van der Waals surface area (Å²) in [6, 6.07) is 39.5. The number of thiophene rings is 2. The number of aryl methyl sites for hydroxylation is 2. The molecule has 0 radical (unpaired) electrons. The first-order valence-electron chi connectivity index (χ1n) is 19.0. The molecule has 5 heteroatoms. The van der Waals surface area contributed by atoms with Gasteiger partial charge in [-0.25, -0.2) is 0 Å². The molecule has 2 nitrogen and oxygen atoms in total. The van der Waals surface area contributed by atoms with Gasteiger partial charge in [0.05, 0.1) is 26.1 Å². The zero-order chi connectivity index (χ0) is 36.0. The maximum absolute atomic E-state index is 3.95. The molecule has 258 valence electrons. The van der Waals surface area contributed by atoms with Gasteiger partial charge in [0, 0.05) is 47.9 Å². The molecular weight excluding hydrogens is 679 g/mol.